The number of amides is 1. The average molecular weight is 451 g/mol. The van der Waals surface area contributed by atoms with Gasteiger partial charge in [0.05, 0.1) is 13.2 Å². The highest BCUT2D eigenvalue weighted by atomic mass is 16.5. The van der Waals surface area contributed by atoms with Crippen molar-refractivity contribution in [3.63, 3.8) is 0 Å². The number of nitrogens with zero attached hydrogens (tertiary/aromatic N) is 4. The van der Waals surface area contributed by atoms with E-state index in [9.17, 15) is 9.90 Å². The van der Waals surface area contributed by atoms with Crippen molar-refractivity contribution < 1.29 is 14.6 Å². The summed E-state index contributed by atoms with van der Waals surface area (Å²) < 4.78 is 7.07. The van der Waals surface area contributed by atoms with Crippen LogP contribution in [-0.4, -0.2) is 57.0 Å². The van der Waals surface area contributed by atoms with Gasteiger partial charge in [0.25, 0.3) is 0 Å². The summed E-state index contributed by atoms with van der Waals surface area (Å²) >= 11 is 0. The highest BCUT2D eigenvalue weighted by Gasteiger charge is 2.28. The molecule has 1 aromatic carbocycles. The summed E-state index contributed by atoms with van der Waals surface area (Å²) in [4.78, 5) is 19.3. The zero-order valence-corrected chi connectivity index (χ0v) is 20.5. The Kier molecular flexibility index (Phi) is 5.95. The van der Waals surface area contributed by atoms with E-state index in [0.29, 0.717) is 37.7 Å². The van der Waals surface area contributed by atoms with Gasteiger partial charge in [0.1, 0.15) is 18.0 Å². The number of hydrogen-bond acceptors (Lipinski definition) is 5. The van der Waals surface area contributed by atoms with E-state index in [0.717, 1.165) is 27.8 Å². The fourth-order valence-corrected chi connectivity index (χ4v) is 4.29. The van der Waals surface area contributed by atoms with Crippen LogP contribution in [0.2, 0.25) is 0 Å². The van der Waals surface area contributed by atoms with E-state index >= 15 is 0 Å². The van der Waals surface area contributed by atoms with Crippen LogP contribution in [0.3, 0.4) is 0 Å². The van der Waals surface area contributed by atoms with E-state index < -0.39 is 0 Å². The zero-order chi connectivity index (χ0) is 24.0. The van der Waals surface area contributed by atoms with Crippen molar-refractivity contribution in [3.05, 3.63) is 41.6 Å². The number of rotatable bonds is 3. The standard InChI is InChI=1S/C26H34N4O3/c1-25(2,3)19-14-17(15-20(23(19)32)26(4,5)6)22-18-8-7-9-27-24(18)30(28-22)16-21(31)29-10-12-33-13-11-29/h7-9,14-15,32H,10-13,16H2,1-6H3. The third-order valence-corrected chi connectivity index (χ3v) is 6.16. The van der Waals surface area contributed by atoms with Gasteiger partial charge in [0, 0.05) is 41.4 Å². The molecule has 3 aromatic rings. The van der Waals surface area contributed by atoms with Gasteiger partial charge in [-0.2, -0.15) is 5.10 Å². The van der Waals surface area contributed by atoms with Gasteiger partial charge in [-0.1, -0.05) is 41.5 Å². The number of ether oxygens (including phenoxy) is 1. The van der Waals surface area contributed by atoms with Gasteiger partial charge in [0.15, 0.2) is 5.65 Å². The van der Waals surface area contributed by atoms with Gasteiger partial charge in [-0.15, -0.1) is 0 Å². The molecule has 4 rings (SSSR count). The molecule has 0 unspecified atom stereocenters. The predicted octanol–water partition coefficient (Wildman–Crippen LogP) is 4.26. The molecular formula is C26H34N4O3. The summed E-state index contributed by atoms with van der Waals surface area (Å²) in [5.41, 5.74) is 3.62. The number of pyridine rings is 1. The Balaban J connectivity index is 1.84. The lowest BCUT2D eigenvalue weighted by Crippen LogP contribution is -2.42. The molecule has 0 bridgehead atoms. The van der Waals surface area contributed by atoms with Crippen LogP contribution in [0.15, 0.2) is 30.5 Å². The second-order valence-corrected chi connectivity index (χ2v) is 10.8. The number of phenolic OH excluding ortho intramolecular Hbond substituents is 1. The van der Waals surface area contributed by atoms with Crippen LogP contribution < -0.4 is 0 Å². The number of fused-ring (bicyclic) bond motifs is 1. The van der Waals surface area contributed by atoms with E-state index in [4.69, 9.17) is 9.84 Å². The van der Waals surface area contributed by atoms with Gasteiger partial charge < -0.3 is 14.7 Å². The van der Waals surface area contributed by atoms with Crippen molar-refractivity contribution in [2.24, 2.45) is 0 Å². The monoisotopic (exact) mass is 450 g/mol. The van der Waals surface area contributed by atoms with Crippen molar-refractivity contribution in [1.29, 1.82) is 0 Å². The summed E-state index contributed by atoms with van der Waals surface area (Å²) in [7, 11) is 0. The topological polar surface area (TPSA) is 80.5 Å². The number of hydrogen-bond donors (Lipinski definition) is 1. The molecule has 1 aliphatic rings. The number of benzene rings is 1. The summed E-state index contributed by atoms with van der Waals surface area (Å²) in [6.07, 6.45) is 1.72. The Morgan fingerprint density at radius 3 is 2.24 bits per heavy atom. The molecule has 3 heterocycles. The molecule has 2 aromatic heterocycles. The Morgan fingerprint density at radius 1 is 1.06 bits per heavy atom. The van der Waals surface area contributed by atoms with Gasteiger partial charge in [-0.3, -0.25) is 4.79 Å². The Hall–Kier alpha value is -2.93. The van der Waals surface area contributed by atoms with Crippen LogP contribution in [0, 0.1) is 0 Å². The van der Waals surface area contributed by atoms with Crippen molar-refractivity contribution in [2.45, 2.75) is 58.9 Å². The first-order valence-corrected chi connectivity index (χ1v) is 11.5. The maximum absolute atomic E-state index is 12.9. The van der Waals surface area contributed by atoms with E-state index in [1.165, 1.54) is 0 Å². The van der Waals surface area contributed by atoms with Gasteiger partial charge >= 0.3 is 0 Å². The van der Waals surface area contributed by atoms with Crippen LogP contribution >= 0.6 is 0 Å². The van der Waals surface area contributed by atoms with Crippen LogP contribution in [-0.2, 0) is 26.9 Å². The molecule has 1 aliphatic heterocycles. The molecule has 1 saturated heterocycles. The molecule has 1 N–H and O–H groups in total. The third kappa shape index (κ3) is 4.60. The molecule has 0 atom stereocenters. The highest BCUT2D eigenvalue weighted by molar-refractivity contribution is 5.92. The fourth-order valence-electron chi connectivity index (χ4n) is 4.29. The second kappa shape index (κ2) is 8.45. The van der Waals surface area contributed by atoms with Crippen molar-refractivity contribution in [1.82, 2.24) is 19.7 Å². The van der Waals surface area contributed by atoms with E-state index in [1.807, 2.05) is 29.2 Å². The first-order valence-electron chi connectivity index (χ1n) is 11.5. The minimum absolute atomic E-state index is 0.0105. The van der Waals surface area contributed by atoms with Gasteiger partial charge in [-0.05, 0) is 35.1 Å². The van der Waals surface area contributed by atoms with Gasteiger partial charge in [-0.25, -0.2) is 9.67 Å². The molecule has 1 fully saturated rings. The quantitative estimate of drug-likeness (QED) is 0.645. The number of aromatic hydroxyl groups is 1. The number of morpholine rings is 1. The maximum Gasteiger partial charge on any atom is 0.244 e. The molecule has 176 valence electrons. The summed E-state index contributed by atoms with van der Waals surface area (Å²) in [6.45, 7) is 15.0. The van der Waals surface area contributed by atoms with Crippen molar-refractivity contribution in [2.75, 3.05) is 26.3 Å². The minimum Gasteiger partial charge on any atom is -0.507 e. The zero-order valence-electron chi connectivity index (χ0n) is 20.5. The normalized spacial score (nSPS) is 15.3. The third-order valence-electron chi connectivity index (χ3n) is 6.16. The SMILES string of the molecule is CC(C)(C)c1cc(-c2nn(CC(=O)N3CCOCC3)c3ncccc23)cc(C(C)(C)C)c1O. The average Bonchev–Trinajstić information content (AvgIpc) is 3.11. The van der Waals surface area contributed by atoms with E-state index in [-0.39, 0.29) is 23.3 Å². The molecular weight excluding hydrogens is 416 g/mol. The summed E-state index contributed by atoms with van der Waals surface area (Å²) in [6, 6.07) is 7.92. The lowest BCUT2D eigenvalue weighted by molar-refractivity contribution is -0.136. The predicted molar refractivity (Wildman–Crippen MR) is 129 cm³/mol. The molecule has 1 amide bonds. The molecule has 0 spiro atoms. The minimum atomic E-state index is -0.247. The number of carbonyl (C=O) groups excluding carboxylic acids is 1. The molecule has 7 nitrogen and oxygen atoms in total. The lowest BCUT2D eigenvalue weighted by Gasteiger charge is -2.28. The largest absolute Gasteiger partial charge is 0.507 e. The molecule has 7 heteroatoms. The maximum atomic E-state index is 12.9. The summed E-state index contributed by atoms with van der Waals surface area (Å²) in [5.74, 6) is 0.347. The number of phenols is 1. The highest BCUT2D eigenvalue weighted by Crippen LogP contribution is 2.42. The van der Waals surface area contributed by atoms with Crippen molar-refractivity contribution in [3.8, 4) is 17.0 Å². The smallest absolute Gasteiger partial charge is 0.244 e. The number of carbonyl (C=O) groups is 1. The first-order chi connectivity index (χ1) is 15.5. The van der Waals surface area contributed by atoms with E-state index in [2.05, 4.69) is 46.5 Å². The van der Waals surface area contributed by atoms with Crippen LogP contribution in [0.25, 0.3) is 22.3 Å². The number of aromatic nitrogens is 3. The van der Waals surface area contributed by atoms with Crippen LogP contribution in [0.4, 0.5) is 0 Å². The second-order valence-electron chi connectivity index (χ2n) is 10.8. The molecule has 0 radical (unpaired) electrons. The van der Waals surface area contributed by atoms with Gasteiger partial charge in [0.2, 0.25) is 5.91 Å². The summed E-state index contributed by atoms with van der Waals surface area (Å²) in [5, 5.41) is 16.9. The molecule has 0 aliphatic carbocycles. The Labute approximate surface area is 195 Å². The first kappa shape index (κ1) is 23.2. The molecule has 33 heavy (non-hydrogen) atoms. The van der Waals surface area contributed by atoms with Crippen molar-refractivity contribution >= 4 is 16.9 Å². The Morgan fingerprint density at radius 2 is 1.67 bits per heavy atom. The van der Waals surface area contributed by atoms with Crippen LogP contribution in [0.1, 0.15) is 52.7 Å². The fraction of sp³-hybridized carbons (Fsp3) is 0.500. The Bertz CT molecular complexity index is 1140. The lowest BCUT2D eigenvalue weighted by atomic mass is 9.78. The van der Waals surface area contributed by atoms with E-state index in [1.54, 1.807) is 10.9 Å². The van der Waals surface area contributed by atoms with Crippen LogP contribution in [0.5, 0.6) is 5.75 Å². The molecule has 0 saturated carbocycles.